The Bertz CT molecular complexity index is 578. The molecule has 0 aliphatic heterocycles. The van der Waals surface area contributed by atoms with E-state index < -0.39 is 5.97 Å². The van der Waals surface area contributed by atoms with Crippen molar-refractivity contribution in [3.63, 3.8) is 0 Å². The Hall–Kier alpha value is -2.37. The summed E-state index contributed by atoms with van der Waals surface area (Å²) in [5.74, 6) is -0.279. The summed E-state index contributed by atoms with van der Waals surface area (Å²) in [4.78, 5) is 10.7. The fourth-order valence-electron chi connectivity index (χ4n) is 1.90. The van der Waals surface area contributed by atoms with Crippen LogP contribution < -0.4 is 4.74 Å². The van der Waals surface area contributed by atoms with E-state index in [-0.39, 0.29) is 5.69 Å². The molecule has 0 aliphatic rings. The van der Waals surface area contributed by atoms with Crippen LogP contribution in [0.5, 0.6) is 5.75 Å². The van der Waals surface area contributed by atoms with Crippen LogP contribution in [0.4, 0.5) is 0 Å². The second kappa shape index (κ2) is 7.42. The topological polar surface area (TPSA) is 77.2 Å². The molecular weight excluding hydrogens is 270 g/mol. The fourth-order valence-corrected chi connectivity index (χ4v) is 1.90. The summed E-state index contributed by atoms with van der Waals surface area (Å²) in [5.41, 5.74) is 1.25. The minimum absolute atomic E-state index is 0.0599. The number of hydrogen-bond acceptors (Lipinski definition) is 4. The van der Waals surface area contributed by atoms with Crippen molar-refractivity contribution in [3.8, 4) is 5.75 Å². The summed E-state index contributed by atoms with van der Waals surface area (Å²) in [6.07, 6.45) is 4.86. The van der Waals surface area contributed by atoms with Crippen LogP contribution in [0, 0.1) is 0 Å². The van der Waals surface area contributed by atoms with Crippen molar-refractivity contribution in [1.29, 1.82) is 0 Å². The quantitative estimate of drug-likeness (QED) is 0.807. The van der Waals surface area contributed by atoms with E-state index >= 15 is 0 Å². The number of benzene rings is 1. The fraction of sp³-hybridized carbons (Fsp3) is 0.400. The number of aryl methyl sites for hydroxylation is 1. The predicted octanol–water partition coefficient (Wildman–Crippen LogP) is 2.40. The standard InChI is InChI=1S/C15H19N3O3/c1-2-3-4-12-5-7-13(8-6-12)21-10-9-18-11-14(15(19)20)16-17-18/h5-8,11H,2-4,9-10H2,1H3,(H,19,20). The Morgan fingerprint density at radius 1 is 1.33 bits per heavy atom. The van der Waals surface area contributed by atoms with E-state index in [1.54, 1.807) is 0 Å². The molecule has 1 N–H and O–H groups in total. The zero-order chi connectivity index (χ0) is 15.1. The molecule has 1 aromatic heterocycles. The van der Waals surface area contributed by atoms with Crippen molar-refractivity contribution in [2.45, 2.75) is 32.7 Å². The summed E-state index contributed by atoms with van der Waals surface area (Å²) < 4.78 is 7.06. The van der Waals surface area contributed by atoms with Gasteiger partial charge in [-0.1, -0.05) is 30.7 Å². The summed E-state index contributed by atoms with van der Waals surface area (Å²) in [7, 11) is 0. The van der Waals surface area contributed by atoms with Gasteiger partial charge < -0.3 is 9.84 Å². The average Bonchev–Trinajstić information content (AvgIpc) is 2.95. The molecule has 0 unspecified atom stereocenters. The maximum Gasteiger partial charge on any atom is 0.358 e. The van der Waals surface area contributed by atoms with Crippen molar-refractivity contribution in [1.82, 2.24) is 15.0 Å². The van der Waals surface area contributed by atoms with Gasteiger partial charge in [0.1, 0.15) is 12.4 Å². The van der Waals surface area contributed by atoms with E-state index in [2.05, 4.69) is 29.4 Å². The number of aromatic carboxylic acids is 1. The van der Waals surface area contributed by atoms with Gasteiger partial charge in [-0.3, -0.25) is 0 Å². The second-order valence-corrected chi connectivity index (χ2v) is 4.77. The molecule has 0 fully saturated rings. The average molecular weight is 289 g/mol. The molecule has 0 atom stereocenters. The SMILES string of the molecule is CCCCc1ccc(OCCn2cc(C(=O)O)nn2)cc1. The molecule has 0 saturated heterocycles. The first-order valence-electron chi connectivity index (χ1n) is 7.04. The Morgan fingerprint density at radius 2 is 2.10 bits per heavy atom. The van der Waals surface area contributed by atoms with Gasteiger partial charge >= 0.3 is 5.97 Å². The number of unbranched alkanes of at least 4 members (excludes halogenated alkanes) is 1. The molecule has 2 aromatic rings. The van der Waals surface area contributed by atoms with E-state index in [1.165, 1.54) is 29.3 Å². The van der Waals surface area contributed by atoms with Crippen LogP contribution in [0.25, 0.3) is 0 Å². The largest absolute Gasteiger partial charge is 0.492 e. The van der Waals surface area contributed by atoms with Gasteiger partial charge in [0.15, 0.2) is 5.69 Å². The molecule has 0 spiro atoms. The lowest BCUT2D eigenvalue weighted by atomic mass is 10.1. The minimum atomic E-state index is -1.08. The normalized spacial score (nSPS) is 10.5. The van der Waals surface area contributed by atoms with Gasteiger partial charge in [-0.25, -0.2) is 9.48 Å². The highest BCUT2D eigenvalue weighted by atomic mass is 16.5. The first-order valence-corrected chi connectivity index (χ1v) is 7.04. The predicted molar refractivity (Wildman–Crippen MR) is 77.5 cm³/mol. The lowest BCUT2D eigenvalue weighted by Crippen LogP contribution is -2.08. The molecule has 2 rings (SSSR count). The van der Waals surface area contributed by atoms with Crippen molar-refractivity contribution in [3.05, 3.63) is 41.7 Å². The van der Waals surface area contributed by atoms with Crippen molar-refractivity contribution >= 4 is 5.97 Å². The van der Waals surface area contributed by atoms with E-state index in [0.29, 0.717) is 13.2 Å². The Kier molecular flexibility index (Phi) is 5.31. The Balaban J connectivity index is 1.78. The van der Waals surface area contributed by atoms with E-state index in [1.807, 2.05) is 12.1 Å². The van der Waals surface area contributed by atoms with Crippen molar-refractivity contribution < 1.29 is 14.6 Å². The third-order valence-corrected chi connectivity index (χ3v) is 3.09. The summed E-state index contributed by atoms with van der Waals surface area (Å²) in [5, 5.41) is 16.0. The van der Waals surface area contributed by atoms with Crippen LogP contribution >= 0.6 is 0 Å². The zero-order valence-electron chi connectivity index (χ0n) is 12.0. The summed E-state index contributed by atoms with van der Waals surface area (Å²) >= 11 is 0. The van der Waals surface area contributed by atoms with Crippen molar-refractivity contribution in [2.75, 3.05) is 6.61 Å². The lowest BCUT2D eigenvalue weighted by molar-refractivity contribution is 0.0690. The maximum atomic E-state index is 10.7. The third kappa shape index (κ3) is 4.59. The number of carboxylic acids is 1. The van der Waals surface area contributed by atoms with Crippen LogP contribution in [-0.4, -0.2) is 32.7 Å². The molecule has 0 radical (unpaired) electrons. The highest BCUT2D eigenvalue weighted by Crippen LogP contribution is 2.13. The Labute approximate surface area is 123 Å². The Morgan fingerprint density at radius 3 is 2.71 bits per heavy atom. The molecule has 6 nitrogen and oxygen atoms in total. The van der Waals surface area contributed by atoms with Gasteiger partial charge in [0, 0.05) is 0 Å². The first-order chi connectivity index (χ1) is 10.2. The van der Waals surface area contributed by atoms with E-state index in [9.17, 15) is 4.79 Å². The molecular formula is C15H19N3O3. The highest BCUT2D eigenvalue weighted by molar-refractivity contribution is 5.84. The molecule has 1 heterocycles. The third-order valence-electron chi connectivity index (χ3n) is 3.09. The monoisotopic (exact) mass is 289 g/mol. The molecule has 6 heteroatoms. The van der Waals surface area contributed by atoms with Gasteiger partial charge in [-0.05, 0) is 30.5 Å². The minimum Gasteiger partial charge on any atom is -0.492 e. The number of nitrogens with zero attached hydrogens (tertiary/aromatic N) is 3. The maximum absolute atomic E-state index is 10.7. The van der Waals surface area contributed by atoms with E-state index in [4.69, 9.17) is 9.84 Å². The number of carbonyl (C=O) groups is 1. The number of carboxylic acid groups (broad SMARTS) is 1. The van der Waals surface area contributed by atoms with E-state index in [0.717, 1.165) is 12.2 Å². The summed E-state index contributed by atoms with van der Waals surface area (Å²) in [6, 6.07) is 8.05. The molecule has 112 valence electrons. The van der Waals surface area contributed by atoms with Gasteiger partial charge in [0.05, 0.1) is 12.7 Å². The molecule has 0 aliphatic carbocycles. The number of rotatable bonds is 8. The van der Waals surface area contributed by atoms with Crippen LogP contribution in [0.3, 0.4) is 0 Å². The molecule has 21 heavy (non-hydrogen) atoms. The van der Waals surface area contributed by atoms with Crippen LogP contribution in [-0.2, 0) is 13.0 Å². The van der Waals surface area contributed by atoms with Crippen LogP contribution in [0.1, 0.15) is 35.8 Å². The van der Waals surface area contributed by atoms with Gasteiger partial charge in [-0.15, -0.1) is 5.10 Å². The first kappa shape index (κ1) is 15.0. The highest BCUT2D eigenvalue weighted by Gasteiger charge is 2.07. The van der Waals surface area contributed by atoms with Crippen LogP contribution in [0.2, 0.25) is 0 Å². The zero-order valence-corrected chi connectivity index (χ0v) is 12.0. The van der Waals surface area contributed by atoms with Gasteiger partial charge in [0.2, 0.25) is 0 Å². The van der Waals surface area contributed by atoms with Gasteiger partial charge in [-0.2, -0.15) is 0 Å². The van der Waals surface area contributed by atoms with Crippen molar-refractivity contribution in [2.24, 2.45) is 0 Å². The van der Waals surface area contributed by atoms with Gasteiger partial charge in [0.25, 0.3) is 0 Å². The lowest BCUT2D eigenvalue weighted by Gasteiger charge is -2.07. The molecule has 0 saturated carbocycles. The smallest absolute Gasteiger partial charge is 0.358 e. The van der Waals surface area contributed by atoms with Crippen LogP contribution in [0.15, 0.2) is 30.5 Å². The number of aromatic nitrogens is 3. The number of ether oxygens (including phenoxy) is 1. The molecule has 0 amide bonds. The molecule has 0 bridgehead atoms. The molecule has 1 aromatic carbocycles. The second-order valence-electron chi connectivity index (χ2n) is 4.77. The number of hydrogen-bond donors (Lipinski definition) is 1. The summed E-state index contributed by atoms with van der Waals surface area (Å²) in [6.45, 7) is 3.05.